The molecular weight excluding hydrogens is 307 g/mol. The molecule has 1 aromatic carbocycles. The van der Waals surface area contributed by atoms with E-state index in [0.717, 1.165) is 29.9 Å². The molecule has 1 atom stereocenters. The zero-order valence-electron chi connectivity index (χ0n) is 12.2. The summed E-state index contributed by atoms with van der Waals surface area (Å²) in [5.74, 6) is 5.72. The summed E-state index contributed by atoms with van der Waals surface area (Å²) in [4.78, 5) is 0. The van der Waals surface area contributed by atoms with Crippen molar-refractivity contribution in [2.24, 2.45) is 5.84 Å². The van der Waals surface area contributed by atoms with Gasteiger partial charge in [0.05, 0.1) is 21.8 Å². The molecule has 114 valence electrons. The molecule has 0 radical (unpaired) electrons. The predicted octanol–water partition coefficient (Wildman–Crippen LogP) is 3.52. The van der Waals surface area contributed by atoms with Crippen LogP contribution < -0.4 is 11.3 Å². The summed E-state index contributed by atoms with van der Waals surface area (Å²) in [6.07, 6.45) is 1.62. The number of hydrogen-bond donors (Lipinski definition) is 2. The molecule has 0 saturated carbocycles. The maximum absolute atomic E-state index is 6.29. The maximum atomic E-state index is 6.29. The van der Waals surface area contributed by atoms with Crippen molar-refractivity contribution in [3.63, 3.8) is 0 Å². The fourth-order valence-electron chi connectivity index (χ4n) is 2.38. The zero-order valence-corrected chi connectivity index (χ0v) is 13.7. The van der Waals surface area contributed by atoms with Crippen LogP contribution in [-0.2, 0) is 19.4 Å². The molecule has 1 heterocycles. The first kappa shape index (κ1) is 16.3. The van der Waals surface area contributed by atoms with Gasteiger partial charge in [0.1, 0.15) is 0 Å². The summed E-state index contributed by atoms with van der Waals surface area (Å²) < 4.78 is 2.00. The van der Waals surface area contributed by atoms with E-state index in [1.807, 2.05) is 16.8 Å². The molecular formula is C15H20Cl2N4. The Labute approximate surface area is 135 Å². The number of hydrazine groups is 1. The Morgan fingerprint density at radius 3 is 2.71 bits per heavy atom. The summed E-state index contributed by atoms with van der Waals surface area (Å²) in [5, 5.41) is 5.63. The van der Waals surface area contributed by atoms with Crippen molar-refractivity contribution < 1.29 is 0 Å². The van der Waals surface area contributed by atoms with Gasteiger partial charge < -0.3 is 0 Å². The Bertz CT molecular complexity index is 610. The summed E-state index contributed by atoms with van der Waals surface area (Å²) in [5.41, 5.74) is 5.94. The maximum Gasteiger partial charge on any atom is 0.0640 e. The minimum Gasteiger partial charge on any atom is -0.271 e. The van der Waals surface area contributed by atoms with E-state index in [0.29, 0.717) is 16.5 Å². The number of nitrogens with zero attached hydrogens (tertiary/aromatic N) is 2. The van der Waals surface area contributed by atoms with E-state index in [9.17, 15) is 0 Å². The Balaban J connectivity index is 2.31. The summed E-state index contributed by atoms with van der Waals surface area (Å²) in [6, 6.07) is 7.59. The molecule has 1 unspecified atom stereocenters. The third-order valence-electron chi connectivity index (χ3n) is 3.55. The lowest BCUT2D eigenvalue weighted by Crippen LogP contribution is -2.30. The highest BCUT2D eigenvalue weighted by Crippen LogP contribution is 2.31. The number of halogens is 2. The molecule has 0 aliphatic rings. The molecule has 21 heavy (non-hydrogen) atoms. The minimum atomic E-state index is -0.108. The lowest BCUT2D eigenvalue weighted by molar-refractivity contribution is 0.517. The van der Waals surface area contributed by atoms with Crippen LogP contribution in [0.4, 0.5) is 0 Å². The molecule has 0 amide bonds. The second-order valence-corrected chi connectivity index (χ2v) is 5.65. The largest absolute Gasteiger partial charge is 0.271 e. The Hall–Kier alpha value is -1.07. The Morgan fingerprint density at radius 2 is 2.10 bits per heavy atom. The van der Waals surface area contributed by atoms with Crippen molar-refractivity contribution >= 4 is 23.2 Å². The summed E-state index contributed by atoms with van der Waals surface area (Å²) in [6.45, 7) is 5.00. The van der Waals surface area contributed by atoms with Crippen LogP contribution in [0, 0.1) is 0 Å². The molecule has 4 nitrogen and oxygen atoms in total. The van der Waals surface area contributed by atoms with E-state index in [4.69, 9.17) is 29.0 Å². The SMILES string of the molecule is CCc1cc(CC(NN)c2cccc(Cl)c2Cl)n(CC)n1. The smallest absolute Gasteiger partial charge is 0.0640 e. The molecule has 6 heteroatoms. The number of aromatic nitrogens is 2. The third kappa shape index (κ3) is 3.58. The van der Waals surface area contributed by atoms with E-state index in [1.165, 1.54) is 0 Å². The van der Waals surface area contributed by atoms with Gasteiger partial charge in [0, 0.05) is 18.7 Å². The van der Waals surface area contributed by atoms with Crippen molar-refractivity contribution in [2.75, 3.05) is 0 Å². The van der Waals surface area contributed by atoms with Gasteiger partial charge in [-0.1, -0.05) is 42.3 Å². The molecule has 3 N–H and O–H groups in total. The summed E-state index contributed by atoms with van der Waals surface area (Å²) >= 11 is 12.4. The highest BCUT2D eigenvalue weighted by atomic mass is 35.5. The van der Waals surface area contributed by atoms with Crippen molar-refractivity contribution in [1.82, 2.24) is 15.2 Å². The number of nitrogens with one attached hydrogen (secondary N) is 1. The van der Waals surface area contributed by atoms with Gasteiger partial charge in [-0.2, -0.15) is 5.10 Å². The van der Waals surface area contributed by atoms with Gasteiger partial charge >= 0.3 is 0 Å². The fraction of sp³-hybridized carbons (Fsp3) is 0.400. The van der Waals surface area contributed by atoms with Crippen LogP contribution in [0.5, 0.6) is 0 Å². The van der Waals surface area contributed by atoms with E-state index < -0.39 is 0 Å². The molecule has 0 fully saturated rings. The van der Waals surface area contributed by atoms with Gasteiger partial charge in [0.2, 0.25) is 0 Å². The molecule has 0 bridgehead atoms. The fourth-order valence-corrected chi connectivity index (χ4v) is 2.82. The Morgan fingerprint density at radius 1 is 1.33 bits per heavy atom. The van der Waals surface area contributed by atoms with E-state index >= 15 is 0 Å². The van der Waals surface area contributed by atoms with Gasteiger partial charge in [-0.25, -0.2) is 0 Å². The van der Waals surface area contributed by atoms with Crippen molar-refractivity contribution in [2.45, 2.75) is 39.3 Å². The predicted molar refractivity (Wildman–Crippen MR) is 87.5 cm³/mol. The first-order valence-corrected chi connectivity index (χ1v) is 7.81. The van der Waals surface area contributed by atoms with Crippen LogP contribution in [0.3, 0.4) is 0 Å². The van der Waals surface area contributed by atoms with Gasteiger partial charge in [0.15, 0.2) is 0 Å². The zero-order chi connectivity index (χ0) is 15.4. The van der Waals surface area contributed by atoms with Crippen LogP contribution in [0.2, 0.25) is 10.0 Å². The monoisotopic (exact) mass is 326 g/mol. The molecule has 1 aromatic heterocycles. The number of nitrogens with two attached hydrogens (primary N) is 1. The summed E-state index contributed by atoms with van der Waals surface area (Å²) in [7, 11) is 0. The van der Waals surface area contributed by atoms with Crippen LogP contribution in [0.15, 0.2) is 24.3 Å². The van der Waals surface area contributed by atoms with Gasteiger partial charge in [0.25, 0.3) is 0 Å². The molecule has 2 rings (SSSR count). The van der Waals surface area contributed by atoms with Gasteiger partial charge in [-0.3, -0.25) is 16.0 Å². The second kappa shape index (κ2) is 7.27. The van der Waals surface area contributed by atoms with Crippen molar-refractivity contribution in [3.05, 3.63) is 51.3 Å². The van der Waals surface area contributed by atoms with Crippen LogP contribution in [-0.4, -0.2) is 9.78 Å². The Kier molecular flexibility index (Phi) is 5.65. The second-order valence-electron chi connectivity index (χ2n) is 4.86. The van der Waals surface area contributed by atoms with E-state index in [2.05, 4.69) is 30.4 Å². The standard InChI is InChI=1S/C15H20Cl2N4/c1-3-10-8-11(21(4-2)20-10)9-14(19-18)12-6-5-7-13(16)15(12)17/h5-8,14,19H,3-4,9,18H2,1-2H3. The average Bonchev–Trinajstić information content (AvgIpc) is 2.90. The van der Waals surface area contributed by atoms with E-state index in [1.54, 1.807) is 6.07 Å². The third-order valence-corrected chi connectivity index (χ3v) is 4.38. The molecule has 2 aromatic rings. The van der Waals surface area contributed by atoms with Gasteiger partial charge in [-0.05, 0) is 31.0 Å². The normalized spacial score (nSPS) is 12.6. The lowest BCUT2D eigenvalue weighted by atomic mass is 10.0. The highest BCUT2D eigenvalue weighted by molar-refractivity contribution is 6.42. The van der Waals surface area contributed by atoms with Crippen LogP contribution in [0.25, 0.3) is 0 Å². The molecule has 0 aliphatic heterocycles. The average molecular weight is 327 g/mol. The first-order chi connectivity index (χ1) is 10.1. The molecule has 0 aliphatic carbocycles. The minimum absolute atomic E-state index is 0.108. The topological polar surface area (TPSA) is 55.9 Å². The number of rotatable bonds is 6. The quantitative estimate of drug-likeness (QED) is 0.630. The number of benzene rings is 1. The lowest BCUT2D eigenvalue weighted by Gasteiger charge is -2.18. The van der Waals surface area contributed by atoms with Gasteiger partial charge in [-0.15, -0.1) is 0 Å². The van der Waals surface area contributed by atoms with Crippen LogP contribution in [0.1, 0.15) is 36.8 Å². The molecule has 0 saturated heterocycles. The molecule has 0 spiro atoms. The first-order valence-electron chi connectivity index (χ1n) is 7.06. The number of hydrogen-bond acceptors (Lipinski definition) is 3. The van der Waals surface area contributed by atoms with Crippen molar-refractivity contribution in [1.29, 1.82) is 0 Å². The van der Waals surface area contributed by atoms with Crippen molar-refractivity contribution in [3.8, 4) is 0 Å². The van der Waals surface area contributed by atoms with E-state index in [-0.39, 0.29) is 6.04 Å². The highest BCUT2D eigenvalue weighted by Gasteiger charge is 2.18. The number of aryl methyl sites for hydroxylation is 2. The van der Waals surface area contributed by atoms with Crippen LogP contribution >= 0.6 is 23.2 Å².